The van der Waals surface area contributed by atoms with Crippen molar-refractivity contribution in [1.82, 2.24) is 0 Å². The van der Waals surface area contributed by atoms with Gasteiger partial charge in [0.1, 0.15) is 5.75 Å². The molecular weight excluding hydrogens is 332 g/mol. The Labute approximate surface area is 154 Å². The van der Waals surface area contributed by atoms with Gasteiger partial charge in [0, 0.05) is 30.2 Å². The van der Waals surface area contributed by atoms with Gasteiger partial charge in [0.25, 0.3) is 0 Å². The molecule has 0 radical (unpaired) electrons. The first-order valence-electron chi connectivity index (χ1n) is 9.00. The molecule has 0 aliphatic heterocycles. The molecule has 0 aliphatic carbocycles. The van der Waals surface area contributed by atoms with E-state index in [1.165, 1.54) is 13.8 Å². The fourth-order valence-electron chi connectivity index (χ4n) is 2.87. The van der Waals surface area contributed by atoms with Crippen molar-refractivity contribution >= 4 is 22.7 Å². The summed E-state index contributed by atoms with van der Waals surface area (Å²) < 4.78 is 16.9. The molecule has 26 heavy (non-hydrogen) atoms. The molecule has 0 aliphatic rings. The minimum absolute atomic E-state index is 0.372. The Balaban J connectivity index is 2.52. The van der Waals surface area contributed by atoms with Gasteiger partial charge in [-0.05, 0) is 13.3 Å². The van der Waals surface area contributed by atoms with E-state index in [1.807, 2.05) is 24.3 Å². The van der Waals surface area contributed by atoms with Gasteiger partial charge >= 0.3 is 11.9 Å². The monoisotopic (exact) mass is 358 g/mol. The zero-order valence-electron chi connectivity index (χ0n) is 15.9. The van der Waals surface area contributed by atoms with E-state index in [1.54, 1.807) is 6.92 Å². The van der Waals surface area contributed by atoms with Gasteiger partial charge in [0.05, 0.1) is 6.61 Å². The Morgan fingerprint density at radius 1 is 0.846 bits per heavy atom. The Hall–Kier alpha value is -2.56. The molecule has 0 bridgehead atoms. The third-order valence-corrected chi connectivity index (χ3v) is 4.04. The van der Waals surface area contributed by atoms with Gasteiger partial charge < -0.3 is 14.2 Å². The number of carbonyl (C=O) groups is 2. The van der Waals surface area contributed by atoms with Gasteiger partial charge in [-0.25, -0.2) is 0 Å². The van der Waals surface area contributed by atoms with Crippen LogP contribution in [-0.4, -0.2) is 18.5 Å². The number of unbranched alkanes of at least 4 members (excludes halogenated alkanes) is 3. The smallest absolute Gasteiger partial charge is 0.308 e. The second kappa shape index (κ2) is 9.22. The van der Waals surface area contributed by atoms with Crippen molar-refractivity contribution < 1.29 is 23.8 Å². The second-order valence-electron chi connectivity index (χ2n) is 6.25. The highest BCUT2D eigenvalue weighted by Crippen LogP contribution is 2.45. The van der Waals surface area contributed by atoms with Crippen LogP contribution in [0.4, 0.5) is 0 Å². The van der Waals surface area contributed by atoms with Crippen LogP contribution in [-0.2, 0) is 9.59 Å². The molecule has 0 unspecified atom stereocenters. The van der Waals surface area contributed by atoms with E-state index >= 15 is 0 Å². The Kier molecular flexibility index (Phi) is 7.01. The molecule has 140 valence electrons. The van der Waals surface area contributed by atoms with Gasteiger partial charge in [-0.3, -0.25) is 9.59 Å². The average molecular weight is 358 g/mol. The Morgan fingerprint density at radius 3 is 2.00 bits per heavy atom. The molecule has 0 saturated heterocycles. The number of hydrogen-bond acceptors (Lipinski definition) is 5. The zero-order chi connectivity index (χ0) is 19.1. The molecule has 0 saturated carbocycles. The van der Waals surface area contributed by atoms with Crippen LogP contribution < -0.4 is 14.2 Å². The maximum absolute atomic E-state index is 11.6. The predicted octanol–water partition coefficient (Wildman–Crippen LogP) is 4.96. The second-order valence-corrected chi connectivity index (χ2v) is 6.25. The van der Waals surface area contributed by atoms with Crippen LogP contribution in [0.1, 0.15) is 52.0 Å². The molecule has 0 N–H and O–H groups in total. The molecule has 0 atom stereocenters. The maximum Gasteiger partial charge on any atom is 0.308 e. The number of ether oxygens (including phenoxy) is 3. The minimum atomic E-state index is -0.425. The van der Waals surface area contributed by atoms with Crippen LogP contribution in [0.5, 0.6) is 17.2 Å². The van der Waals surface area contributed by atoms with Crippen molar-refractivity contribution in [2.45, 2.75) is 53.4 Å². The topological polar surface area (TPSA) is 61.8 Å². The lowest BCUT2D eigenvalue weighted by atomic mass is 10.0. The van der Waals surface area contributed by atoms with Crippen molar-refractivity contribution in [3.8, 4) is 17.2 Å². The van der Waals surface area contributed by atoms with Crippen molar-refractivity contribution in [2.24, 2.45) is 0 Å². The fraction of sp³-hybridized carbons (Fsp3) is 0.429. The lowest BCUT2D eigenvalue weighted by Crippen LogP contribution is -2.10. The molecule has 0 amide bonds. The maximum atomic E-state index is 11.6. The third-order valence-electron chi connectivity index (χ3n) is 4.04. The van der Waals surface area contributed by atoms with Crippen LogP contribution >= 0.6 is 0 Å². The van der Waals surface area contributed by atoms with Gasteiger partial charge in [-0.1, -0.05) is 50.5 Å². The van der Waals surface area contributed by atoms with Gasteiger partial charge in [0.2, 0.25) is 0 Å². The van der Waals surface area contributed by atoms with Gasteiger partial charge in [0.15, 0.2) is 11.5 Å². The fourth-order valence-corrected chi connectivity index (χ4v) is 2.87. The number of benzene rings is 2. The summed E-state index contributed by atoms with van der Waals surface area (Å²) in [6.07, 6.45) is 4.27. The molecule has 2 rings (SSSR count). The lowest BCUT2D eigenvalue weighted by Gasteiger charge is -2.19. The lowest BCUT2D eigenvalue weighted by molar-refractivity contribution is -0.133. The highest BCUT2D eigenvalue weighted by Gasteiger charge is 2.22. The van der Waals surface area contributed by atoms with Crippen LogP contribution in [0.2, 0.25) is 0 Å². The van der Waals surface area contributed by atoms with E-state index in [9.17, 15) is 9.59 Å². The van der Waals surface area contributed by atoms with E-state index in [0.717, 1.165) is 25.7 Å². The van der Waals surface area contributed by atoms with Crippen molar-refractivity contribution in [2.75, 3.05) is 6.61 Å². The summed E-state index contributed by atoms with van der Waals surface area (Å²) in [5, 5.41) is 1.38. The first kappa shape index (κ1) is 19.8. The SMILES string of the molecule is CCCCCCOc1c(C)c(OC(C)=O)c2ccccc2c1OC(C)=O. The Morgan fingerprint density at radius 2 is 1.42 bits per heavy atom. The van der Waals surface area contributed by atoms with Crippen LogP contribution in [0.15, 0.2) is 24.3 Å². The van der Waals surface area contributed by atoms with Crippen molar-refractivity contribution in [3.05, 3.63) is 29.8 Å². The molecule has 0 heterocycles. The summed E-state index contributed by atoms with van der Waals surface area (Å²) in [7, 11) is 0. The first-order valence-corrected chi connectivity index (χ1v) is 9.00. The number of rotatable bonds is 8. The van der Waals surface area contributed by atoms with Crippen molar-refractivity contribution in [1.29, 1.82) is 0 Å². The van der Waals surface area contributed by atoms with E-state index in [0.29, 0.717) is 40.2 Å². The molecule has 0 aromatic heterocycles. The molecular formula is C21H26O5. The van der Waals surface area contributed by atoms with Gasteiger partial charge in [-0.15, -0.1) is 0 Å². The zero-order valence-corrected chi connectivity index (χ0v) is 15.9. The molecule has 2 aromatic carbocycles. The summed E-state index contributed by atoms with van der Waals surface area (Å²) in [6, 6.07) is 7.34. The highest BCUT2D eigenvalue weighted by molar-refractivity contribution is 5.99. The van der Waals surface area contributed by atoms with Crippen molar-refractivity contribution in [3.63, 3.8) is 0 Å². The summed E-state index contributed by atoms with van der Waals surface area (Å²) in [6.45, 7) is 7.18. The summed E-state index contributed by atoms with van der Waals surface area (Å²) in [5.41, 5.74) is 0.644. The van der Waals surface area contributed by atoms with Crippen LogP contribution in [0.3, 0.4) is 0 Å². The number of carbonyl (C=O) groups excluding carboxylic acids is 2. The summed E-state index contributed by atoms with van der Waals surface area (Å²) in [5.74, 6) is 0.425. The van der Waals surface area contributed by atoms with E-state index in [2.05, 4.69) is 6.92 Å². The van der Waals surface area contributed by atoms with Gasteiger partial charge in [-0.2, -0.15) is 0 Å². The predicted molar refractivity (Wildman–Crippen MR) is 101 cm³/mol. The van der Waals surface area contributed by atoms with E-state index in [-0.39, 0.29) is 0 Å². The molecule has 0 fully saturated rings. The minimum Gasteiger partial charge on any atom is -0.489 e. The summed E-state index contributed by atoms with van der Waals surface area (Å²) >= 11 is 0. The molecule has 5 nitrogen and oxygen atoms in total. The van der Waals surface area contributed by atoms with Crippen LogP contribution in [0, 0.1) is 6.92 Å². The van der Waals surface area contributed by atoms with E-state index < -0.39 is 11.9 Å². The molecule has 2 aromatic rings. The number of fused-ring (bicyclic) bond motifs is 1. The molecule has 0 spiro atoms. The highest BCUT2D eigenvalue weighted by atomic mass is 16.6. The first-order chi connectivity index (χ1) is 12.5. The largest absolute Gasteiger partial charge is 0.489 e. The number of esters is 2. The quantitative estimate of drug-likeness (QED) is 0.379. The van der Waals surface area contributed by atoms with E-state index in [4.69, 9.17) is 14.2 Å². The molecule has 5 heteroatoms. The van der Waals surface area contributed by atoms with Crippen LogP contribution in [0.25, 0.3) is 10.8 Å². The third kappa shape index (κ3) is 4.75. The average Bonchev–Trinajstić information content (AvgIpc) is 2.59. The summed E-state index contributed by atoms with van der Waals surface area (Å²) in [4.78, 5) is 23.2. The number of hydrogen-bond donors (Lipinski definition) is 0. The Bertz CT molecular complexity index is 795. The standard InChI is InChI=1S/C21H26O5/c1-5-6-7-10-13-24-20-14(2)19(25-15(3)22)17-11-8-9-12-18(17)21(20)26-16(4)23/h8-9,11-12H,5-7,10,13H2,1-4H3. The normalized spacial score (nSPS) is 10.6.